The topological polar surface area (TPSA) is 43.6 Å². The monoisotopic (exact) mass is 304 g/mol. The molecule has 0 atom stereocenters. The van der Waals surface area contributed by atoms with Gasteiger partial charge in [-0.1, -0.05) is 23.4 Å². The fourth-order valence-electron chi connectivity index (χ4n) is 2.11. The van der Waals surface area contributed by atoms with Gasteiger partial charge in [0.1, 0.15) is 5.69 Å². The Labute approximate surface area is 124 Å². The van der Waals surface area contributed by atoms with Crippen molar-refractivity contribution in [3.63, 3.8) is 0 Å². The summed E-state index contributed by atoms with van der Waals surface area (Å²) in [6, 6.07) is 10.6. The van der Waals surface area contributed by atoms with Crippen molar-refractivity contribution in [2.24, 2.45) is 0 Å². The fourth-order valence-corrected chi connectivity index (χ4v) is 2.11. The molecule has 0 spiro atoms. The van der Waals surface area contributed by atoms with E-state index in [9.17, 15) is 13.2 Å². The van der Waals surface area contributed by atoms with Gasteiger partial charge >= 0.3 is 6.18 Å². The van der Waals surface area contributed by atoms with Crippen molar-refractivity contribution in [3.05, 3.63) is 66.0 Å². The van der Waals surface area contributed by atoms with Crippen LogP contribution in [0.4, 0.5) is 13.2 Å². The lowest BCUT2D eigenvalue weighted by Crippen LogP contribution is -2.08. The standard InChI is InChI=1S/C15H11F3N4/c16-15(17,18)12-5-3-4-11(8-12)10-22-14(9-20-21-22)13-6-1-2-7-19-13/h1-9H,10H2. The summed E-state index contributed by atoms with van der Waals surface area (Å²) in [5.74, 6) is 0. The number of pyridine rings is 1. The minimum absolute atomic E-state index is 0.190. The van der Waals surface area contributed by atoms with Gasteiger partial charge in [-0.2, -0.15) is 13.2 Å². The first-order valence-electron chi connectivity index (χ1n) is 6.50. The molecule has 0 N–H and O–H groups in total. The Morgan fingerprint density at radius 3 is 2.64 bits per heavy atom. The Morgan fingerprint density at radius 2 is 1.91 bits per heavy atom. The van der Waals surface area contributed by atoms with Gasteiger partial charge in [-0.05, 0) is 29.8 Å². The van der Waals surface area contributed by atoms with Gasteiger partial charge in [0.15, 0.2) is 0 Å². The van der Waals surface area contributed by atoms with Crippen LogP contribution in [0.5, 0.6) is 0 Å². The van der Waals surface area contributed by atoms with Crippen LogP contribution in [0, 0.1) is 0 Å². The molecule has 0 aliphatic carbocycles. The quantitative estimate of drug-likeness (QED) is 0.745. The summed E-state index contributed by atoms with van der Waals surface area (Å²) >= 11 is 0. The van der Waals surface area contributed by atoms with E-state index in [4.69, 9.17) is 0 Å². The average molecular weight is 304 g/mol. The summed E-state index contributed by atoms with van der Waals surface area (Å²) in [6.45, 7) is 0.190. The molecule has 2 aromatic heterocycles. The SMILES string of the molecule is FC(F)(F)c1cccc(Cn2nncc2-c2ccccn2)c1. The summed E-state index contributed by atoms with van der Waals surface area (Å²) in [4.78, 5) is 4.20. The van der Waals surface area contributed by atoms with Crippen molar-refractivity contribution in [3.8, 4) is 11.4 Å². The molecule has 0 aliphatic heterocycles. The third-order valence-corrected chi connectivity index (χ3v) is 3.13. The zero-order chi connectivity index (χ0) is 15.6. The molecule has 0 bridgehead atoms. The molecular weight excluding hydrogens is 293 g/mol. The van der Waals surface area contributed by atoms with Crippen molar-refractivity contribution in [2.75, 3.05) is 0 Å². The zero-order valence-corrected chi connectivity index (χ0v) is 11.3. The van der Waals surface area contributed by atoms with Crippen molar-refractivity contribution >= 4 is 0 Å². The molecule has 0 radical (unpaired) electrons. The predicted octanol–water partition coefficient (Wildman–Crippen LogP) is 3.41. The molecular formula is C15H11F3N4. The minimum Gasteiger partial charge on any atom is -0.255 e. The highest BCUT2D eigenvalue weighted by molar-refractivity contribution is 5.52. The maximum absolute atomic E-state index is 12.7. The van der Waals surface area contributed by atoms with Crippen LogP contribution in [-0.2, 0) is 12.7 Å². The summed E-state index contributed by atoms with van der Waals surface area (Å²) in [6.07, 6.45) is -1.19. The van der Waals surface area contributed by atoms with Crippen LogP contribution in [0.25, 0.3) is 11.4 Å². The van der Waals surface area contributed by atoms with Crippen LogP contribution >= 0.6 is 0 Å². The average Bonchev–Trinajstić information content (AvgIpc) is 2.96. The van der Waals surface area contributed by atoms with E-state index < -0.39 is 11.7 Å². The summed E-state index contributed by atoms with van der Waals surface area (Å²) in [5, 5.41) is 7.74. The van der Waals surface area contributed by atoms with Crippen molar-refractivity contribution in [1.29, 1.82) is 0 Å². The first-order chi connectivity index (χ1) is 10.5. The van der Waals surface area contributed by atoms with Crippen LogP contribution in [0.3, 0.4) is 0 Å². The molecule has 1 aromatic carbocycles. The molecule has 0 aliphatic rings. The van der Waals surface area contributed by atoms with Gasteiger partial charge in [-0.15, -0.1) is 5.10 Å². The third kappa shape index (κ3) is 2.98. The molecule has 0 saturated carbocycles. The maximum atomic E-state index is 12.7. The smallest absolute Gasteiger partial charge is 0.255 e. The highest BCUT2D eigenvalue weighted by atomic mass is 19.4. The zero-order valence-electron chi connectivity index (χ0n) is 11.3. The molecule has 112 valence electrons. The summed E-state index contributed by atoms with van der Waals surface area (Å²) in [7, 11) is 0. The Morgan fingerprint density at radius 1 is 1.05 bits per heavy atom. The van der Waals surface area contributed by atoms with Crippen molar-refractivity contribution < 1.29 is 13.2 Å². The Balaban J connectivity index is 1.91. The lowest BCUT2D eigenvalue weighted by atomic mass is 10.1. The molecule has 7 heteroatoms. The number of rotatable bonds is 3. The molecule has 2 heterocycles. The number of aromatic nitrogens is 4. The molecule has 0 saturated heterocycles. The van der Waals surface area contributed by atoms with E-state index in [1.165, 1.54) is 16.9 Å². The molecule has 4 nitrogen and oxygen atoms in total. The fraction of sp³-hybridized carbons (Fsp3) is 0.133. The number of hydrogen-bond donors (Lipinski definition) is 0. The number of hydrogen-bond acceptors (Lipinski definition) is 3. The van der Waals surface area contributed by atoms with E-state index in [-0.39, 0.29) is 6.54 Å². The Kier molecular flexibility index (Phi) is 3.62. The molecule has 22 heavy (non-hydrogen) atoms. The second kappa shape index (κ2) is 5.59. The lowest BCUT2D eigenvalue weighted by Gasteiger charge is -2.10. The van der Waals surface area contributed by atoms with E-state index in [1.807, 2.05) is 6.07 Å². The van der Waals surface area contributed by atoms with E-state index >= 15 is 0 Å². The van der Waals surface area contributed by atoms with Crippen LogP contribution in [0.15, 0.2) is 54.9 Å². The molecule has 0 unspecified atom stereocenters. The van der Waals surface area contributed by atoms with Gasteiger partial charge in [0.05, 0.1) is 24.0 Å². The molecule has 0 amide bonds. The van der Waals surface area contributed by atoms with Crippen LogP contribution in [-0.4, -0.2) is 20.0 Å². The van der Waals surface area contributed by atoms with E-state index in [2.05, 4.69) is 15.3 Å². The van der Waals surface area contributed by atoms with Gasteiger partial charge in [0, 0.05) is 6.20 Å². The third-order valence-electron chi connectivity index (χ3n) is 3.13. The largest absolute Gasteiger partial charge is 0.416 e. The van der Waals surface area contributed by atoms with Crippen molar-refractivity contribution in [2.45, 2.75) is 12.7 Å². The number of halogens is 3. The van der Waals surface area contributed by atoms with E-state index in [0.717, 1.165) is 12.1 Å². The Bertz CT molecular complexity index is 766. The second-order valence-electron chi connectivity index (χ2n) is 4.69. The van der Waals surface area contributed by atoms with Gasteiger partial charge in [0.25, 0.3) is 0 Å². The Hall–Kier alpha value is -2.70. The summed E-state index contributed by atoms with van der Waals surface area (Å²) < 4.78 is 39.8. The predicted molar refractivity (Wildman–Crippen MR) is 73.8 cm³/mol. The minimum atomic E-state index is -4.36. The van der Waals surface area contributed by atoms with Gasteiger partial charge < -0.3 is 0 Å². The first kappa shape index (κ1) is 14.2. The lowest BCUT2D eigenvalue weighted by molar-refractivity contribution is -0.137. The molecule has 0 fully saturated rings. The maximum Gasteiger partial charge on any atom is 0.416 e. The highest BCUT2D eigenvalue weighted by Gasteiger charge is 2.30. The first-order valence-corrected chi connectivity index (χ1v) is 6.50. The summed E-state index contributed by atoms with van der Waals surface area (Å²) in [5.41, 5.74) is 1.14. The van der Waals surface area contributed by atoms with Crippen molar-refractivity contribution in [1.82, 2.24) is 20.0 Å². The van der Waals surface area contributed by atoms with Crippen LogP contribution in [0.1, 0.15) is 11.1 Å². The van der Waals surface area contributed by atoms with Gasteiger partial charge in [-0.25, -0.2) is 4.68 Å². The molecule has 3 aromatic rings. The van der Waals surface area contributed by atoms with E-state index in [0.29, 0.717) is 17.0 Å². The second-order valence-corrected chi connectivity index (χ2v) is 4.69. The van der Waals surface area contributed by atoms with E-state index in [1.54, 1.807) is 24.4 Å². The number of alkyl halides is 3. The number of benzene rings is 1. The van der Waals surface area contributed by atoms with Gasteiger partial charge in [-0.3, -0.25) is 4.98 Å². The normalized spacial score (nSPS) is 11.6. The number of nitrogens with zero attached hydrogens (tertiary/aromatic N) is 4. The van der Waals surface area contributed by atoms with Crippen LogP contribution < -0.4 is 0 Å². The van der Waals surface area contributed by atoms with Crippen LogP contribution in [0.2, 0.25) is 0 Å². The van der Waals surface area contributed by atoms with Gasteiger partial charge in [0.2, 0.25) is 0 Å². The highest BCUT2D eigenvalue weighted by Crippen LogP contribution is 2.29. The molecule has 3 rings (SSSR count).